The van der Waals surface area contributed by atoms with E-state index in [4.69, 9.17) is 10.2 Å². The van der Waals surface area contributed by atoms with Crippen LogP contribution in [0.1, 0.15) is 142 Å². The molecule has 0 unspecified atom stereocenters. The van der Waals surface area contributed by atoms with Gasteiger partial charge in [0.1, 0.15) is 0 Å². The van der Waals surface area contributed by atoms with Gasteiger partial charge in [-0.05, 0) is 25.7 Å². The van der Waals surface area contributed by atoms with Gasteiger partial charge in [-0.2, -0.15) is 0 Å². The van der Waals surface area contributed by atoms with Crippen LogP contribution in [0, 0.1) is 0 Å². The molecule has 0 saturated heterocycles. The number of hydrogen-bond donors (Lipinski definition) is 2. The molecule has 0 spiro atoms. The molecule has 0 heterocycles. The van der Waals surface area contributed by atoms with Gasteiger partial charge >= 0.3 is 11.9 Å². The summed E-state index contributed by atoms with van der Waals surface area (Å²) >= 11 is 0. The minimum Gasteiger partial charge on any atom is -0.478 e. The average molecular weight is 512 g/mol. The van der Waals surface area contributed by atoms with Crippen LogP contribution in [0.4, 0.5) is 0 Å². The second-order valence-corrected chi connectivity index (χ2v) is 8.72. The van der Waals surface area contributed by atoms with Crippen molar-refractivity contribution in [2.75, 3.05) is 0 Å². The summed E-state index contributed by atoms with van der Waals surface area (Å²) in [4.78, 5) is 20.3. The molecule has 0 aliphatic rings. The number of carboxylic acids is 2. The molecular weight excluding hydrogens is 459 g/mol. The summed E-state index contributed by atoms with van der Waals surface area (Å²) in [5, 5.41) is 16.7. The Morgan fingerprint density at radius 3 is 0.970 bits per heavy atom. The van der Waals surface area contributed by atoms with Crippen LogP contribution in [-0.4, -0.2) is 22.2 Å². The first kappa shape index (κ1) is 36.5. The fourth-order valence-corrected chi connectivity index (χ4v) is 3.51. The molecule has 5 heteroatoms. The smallest absolute Gasteiger partial charge is 0.327 e. The van der Waals surface area contributed by atoms with Crippen molar-refractivity contribution < 1.29 is 36.6 Å². The molecule has 33 heavy (non-hydrogen) atoms. The minimum absolute atomic E-state index is 0. The first-order chi connectivity index (χ1) is 15.5. The molecule has 0 amide bonds. The summed E-state index contributed by atoms with van der Waals surface area (Å²) in [5.41, 5.74) is 0. The third-order valence-electron chi connectivity index (χ3n) is 5.47. The number of carbonyl (C=O) groups is 2. The molecule has 4 nitrogen and oxygen atoms in total. The van der Waals surface area contributed by atoms with Crippen molar-refractivity contribution in [3.63, 3.8) is 0 Å². The number of allylic oxidation sites excluding steroid dienone is 2. The average Bonchev–Trinajstić information content (AvgIpc) is 2.76. The summed E-state index contributed by atoms with van der Waals surface area (Å²) in [7, 11) is 0. The van der Waals surface area contributed by atoms with E-state index in [-0.39, 0.29) is 16.8 Å². The Morgan fingerprint density at radius 2 is 0.727 bits per heavy atom. The van der Waals surface area contributed by atoms with Crippen molar-refractivity contribution >= 4 is 11.9 Å². The zero-order chi connectivity index (χ0) is 24.1. The third-order valence-corrected chi connectivity index (χ3v) is 5.47. The van der Waals surface area contributed by atoms with E-state index in [1.165, 1.54) is 115 Å². The van der Waals surface area contributed by atoms with Crippen LogP contribution in [0.15, 0.2) is 24.3 Å². The van der Waals surface area contributed by atoms with Gasteiger partial charge in [-0.3, -0.25) is 0 Å². The van der Waals surface area contributed by atoms with Crippen molar-refractivity contribution in [2.24, 2.45) is 0 Å². The van der Waals surface area contributed by atoms with Gasteiger partial charge in [0.05, 0.1) is 0 Å². The van der Waals surface area contributed by atoms with E-state index >= 15 is 0 Å². The van der Waals surface area contributed by atoms with Crippen molar-refractivity contribution in [3.8, 4) is 0 Å². The van der Waals surface area contributed by atoms with E-state index in [1.54, 1.807) is 12.2 Å². The van der Waals surface area contributed by atoms with Gasteiger partial charge in [0, 0.05) is 28.9 Å². The maximum atomic E-state index is 10.2. The first-order valence-electron chi connectivity index (χ1n) is 13.3. The summed E-state index contributed by atoms with van der Waals surface area (Å²) in [6.07, 6.45) is 31.4. The fraction of sp³-hybridized carbons (Fsp3) is 0.786. The first-order valence-corrected chi connectivity index (χ1v) is 13.3. The molecule has 197 valence electrons. The monoisotopic (exact) mass is 511 g/mol. The summed E-state index contributed by atoms with van der Waals surface area (Å²) in [5.74, 6) is -1.67. The maximum Gasteiger partial charge on any atom is 0.327 e. The van der Waals surface area contributed by atoms with Crippen LogP contribution in [0.2, 0.25) is 0 Å². The largest absolute Gasteiger partial charge is 0.478 e. The second-order valence-electron chi connectivity index (χ2n) is 8.72. The quantitative estimate of drug-likeness (QED) is 0.112. The Hall–Kier alpha value is -1.07. The molecular formula is C28H52CoO4. The Balaban J connectivity index is -0.000000529. The molecule has 0 aliphatic carbocycles. The maximum absolute atomic E-state index is 10.2. The van der Waals surface area contributed by atoms with Crippen LogP contribution in [0.3, 0.4) is 0 Å². The van der Waals surface area contributed by atoms with Gasteiger partial charge in [0.15, 0.2) is 0 Å². The number of carboxylic acid groups (broad SMARTS) is 2. The van der Waals surface area contributed by atoms with Crippen molar-refractivity contribution in [1.82, 2.24) is 0 Å². The fourth-order valence-electron chi connectivity index (χ4n) is 3.51. The van der Waals surface area contributed by atoms with Gasteiger partial charge < -0.3 is 10.2 Å². The van der Waals surface area contributed by atoms with Crippen LogP contribution in [0.5, 0.6) is 0 Å². The van der Waals surface area contributed by atoms with Gasteiger partial charge in [-0.15, -0.1) is 0 Å². The van der Waals surface area contributed by atoms with Gasteiger partial charge in [0.2, 0.25) is 0 Å². The Kier molecular flexibility index (Phi) is 36.6. The Morgan fingerprint density at radius 1 is 0.485 bits per heavy atom. The summed E-state index contributed by atoms with van der Waals surface area (Å²) in [6.45, 7) is 4.48. The van der Waals surface area contributed by atoms with Crippen molar-refractivity contribution in [3.05, 3.63) is 24.3 Å². The summed E-state index contributed by atoms with van der Waals surface area (Å²) < 4.78 is 0. The predicted molar refractivity (Wildman–Crippen MR) is 137 cm³/mol. The molecule has 0 atom stereocenters. The molecule has 0 rings (SSSR count). The molecule has 0 aromatic heterocycles. The van der Waals surface area contributed by atoms with Crippen LogP contribution >= 0.6 is 0 Å². The predicted octanol–water partition coefficient (Wildman–Crippen LogP) is 9.09. The zero-order valence-corrected chi connectivity index (χ0v) is 22.5. The van der Waals surface area contributed by atoms with Gasteiger partial charge in [-0.25, -0.2) is 9.59 Å². The van der Waals surface area contributed by atoms with Crippen LogP contribution in [-0.2, 0) is 26.4 Å². The molecule has 0 saturated carbocycles. The zero-order valence-electron chi connectivity index (χ0n) is 21.5. The number of hydrogen-bond acceptors (Lipinski definition) is 2. The van der Waals surface area contributed by atoms with Gasteiger partial charge in [0.25, 0.3) is 0 Å². The molecule has 0 aromatic carbocycles. The van der Waals surface area contributed by atoms with Crippen molar-refractivity contribution in [2.45, 2.75) is 142 Å². The molecule has 0 bridgehead atoms. The Labute approximate surface area is 214 Å². The SMILES string of the molecule is CCCCCCCCCCCC=CC(=O)O.CCCCCCCCCCCC=CC(=O)O.[Co]. The standard InChI is InChI=1S/2C14H26O2.Co/c2*1-2-3-4-5-6-7-8-9-10-11-12-13-14(15)16;/h2*12-13H,2-11H2,1H3,(H,15,16);. The Bertz CT molecular complexity index is 419. The molecule has 0 aromatic rings. The molecule has 2 N–H and O–H groups in total. The van der Waals surface area contributed by atoms with Gasteiger partial charge in [-0.1, -0.05) is 129 Å². The third kappa shape index (κ3) is 41.6. The molecule has 0 aliphatic heterocycles. The van der Waals surface area contributed by atoms with Crippen molar-refractivity contribution in [1.29, 1.82) is 0 Å². The topological polar surface area (TPSA) is 74.6 Å². The van der Waals surface area contributed by atoms with E-state index in [1.807, 2.05) is 0 Å². The summed E-state index contributed by atoms with van der Waals surface area (Å²) in [6, 6.07) is 0. The second kappa shape index (κ2) is 33.1. The number of rotatable bonds is 22. The van der Waals surface area contributed by atoms with E-state index in [0.717, 1.165) is 25.7 Å². The number of aliphatic carboxylic acids is 2. The molecule has 1 radical (unpaired) electrons. The van der Waals surface area contributed by atoms with Crippen LogP contribution in [0.25, 0.3) is 0 Å². The van der Waals surface area contributed by atoms with E-state index in [2.05, 4.69) is 13.8 Å². The van der Waals surface area contributed by atoms with E-state index < -0.39 is 11.9 Å². The minimum atomic E-state index is -0.837. The number of unbranched alkanes of at least 4 members (excludes halogenated alkanes) is 18. The van der Waals surface area contributed by atoms with E-state index in [9.17, 15) is 9.59 Å². The molecule has 0 fully saturated rings. The van der Waals surface area contributed by atoms with Crippen LogP contribution < -0.4 is 0 Å². The van der Waals surface area contributed by atoms with E-state index in [0.29, 0.717) is 0 Å². The normalized spacial score (nSPS) is 10.7.